The monoisotopic (exact) mass is 231 g/mol. The summed E-state index contributed by atoms with van der Waals surface area (Å²) in [6.07, 6.45) is 6.71. The Morgan fingerprint density at radius 3 is 3.00 bits per heavy atom. The van der Waals surface area contributed by atoms with Gasteiger partial charge in [-0.2, -0.15) is 5.10 Å². The average Bonchev–Trinajstić information content (AvgIpc) is 2.71. The van der Waals surface area contributed by atoms with Gasteiger partial charge in [0.05, 0.1) is 11.9 Å². The van der Waals surface area contributed by atoms with Gasteiger partial charge in [-0.3, -0.25) is 4.68 Å². The number of nitrogens with zero attached hydrogens (tertiary/aromatic N) is 4. The summed E-state index contributed by atoms with van der Waals surface area (Å²) >= 11 is 0. The van der Waals surface area contributed by atoms with Gasteiger partial charge in [0.25, 0.3) is 0 Å². The molecule has 2 rings (SSSR count). The smallest absolute Gasteiger partial charge is 0.125 e. The van der Waals surface area contributed by atoms with Crippen molar-refractivity contribution in [2.24, 2.45) is 7.05 Å². The lowest BCUT2D eigenvalue weighted by Crippen LogP contribution is -2.17. The Morgan fingerprint density at radius 1 is 1.41 bits per heavy atom. The van der Waals surface area contributed by atoms with E-state index in [1.54, 1.807) is 6.20 Å². The Labute approximate surface area is 101 Å². The van der Waals surface area contributed by atoms with Crippen LogP contribution in [0.1, 0.15) is 17.1 Å². The lowest BCUT2D eigenvalue weighted by Gasteiger charge is -2.03. The van der Waals surface area contributed by atoms with Crippen LogP contribution in [0.5, 0.6) is 0 Å². The lowest BCUT2D eigenvalue weighted by atomic mass is 10.2. The van der Waals surface area contributed by atoms with Crippen molar-refractivity contribution in [2.45, 2.75) is 19.9 Å². The summed E-state index contributed by atoms with van der Waals surface area (Å²) in [7, 11) is 1.93. The van der Waals surface area contributed by atoms with Crippen molar-refractivity contribution in [3.05, 3.63) is 41.7 Å². The van der Waals surface area contributed by atoms with Crippen LogP contribution in [-0.4, -0.2) is 26.3 Å². The second-order valence-corrected chi connectivity index (χ2v) is 4.04. The molecule has 0 aliphatic heterocycles. The molecule has 0 aromatic carbocycles. The predicted molar refractivity (Wildman–Crippen MR) is 65.4 cm³/mol. The van der Waals surface area contributed by atoms with E-state index in [-0.39, 0.29) is 0 Å². The summed E-state index contributed by atoms with van der Waals surface area (Å²) in [5, 5.41) is 7.49. The van der Waals surface area contributed by atoms with Crippen molar-refractivity contribution in [3.8, 4) is 0 Å². The van der Waals surface area contributed by atoms with Crippen LogP contribution in [0, 0.1) is 6.92 Å². The topological polar surface area (TPSA) is 55.6 Å². The van der Waals surface area contributed by atoms with Gasteiger partial charge in [0.1, 0.15) is 5.82 Å². The summed E-state index contributed by atoms with van der Waals surface area (Å²) in [6.45, 7) is 3.61. The van der Waals surface area contributed by atoms with E-state index in [0.717, 1.165) is 31.0 Å². The van der Waals surface area contributed by atoms with Gasteiger partial charge in [-0.15, -0.1) is 0 Å². The molecule has 5 heteroatoms. The average molecular weight is 231 g/mol. The maximum Gasteiger partial charge on any atom is 0.125 e. The number of aromatic nitrogens is 4. The first-order valence-corrected chi connectivity index (χ1v) is 5.71. The van der Waals surface area contributed by atoms with E-state index >= 15 is 0 Å². The zero-order valence-corrected chi connectivity index (χ0v) is 10.2. The Hall–Kier alpha value is -1.75. The molecule has 0 unspecified atom stereocenters. The standard InChI is InChI=1S/C12H17N5/c1-10-14-6-4-12(16-10)8-13-5-3-11-7-15-17(2)9-11/h4,6-7,9,13H,3,5,8H2,1-2H3. The quantitative estimate of drug-likeness (QED) is 0.775. The van der Waals surface area contributed by atoms with Crippen LogP contribution in [0.3, 0.4) is 0 Å². The van der Waals surface area contributed by atoms with Gasteiger partial charge in [0.15, 0.2) is 0 Å². The highest BCUT2D eigenvalue weighted by atomic mass is 15.2. The number of nitrogens with one attached hydrogen (secondary N) is 1. The maximum absolute atomic E-state index is 4.33. The van der Waals surface area contributed by atoms with Crippen molar-refractivity contribution in [2.75, 3.05) is 6.54 Å². The fourth-order valence-electron chi connectivity index (χ4n) is 1.65. The molecule has 0 spiro atoms. The largest absolute Gasteiger partial charge is 0.311 e. The summed E-state index contributed by atoms with van der Waals surface area (Å²) in [5.74, 6) is 0.816. The van der Waals surface area contributed by atoms with E-state index in [9.17, 15) is 0 Å². The molecule has 2 aromatic rings. The van der Waals surface area contributed by atoms with Crippen LogP contribution in [0.25, 0.3) is 0 Å². The predicted octanol–water partition coefficient (Wildman–Crippen LogP) is 0.851. The summed E-state index contributed by atoms with van der Waals surface area (Å²) in [5.41, 5.74) is 2.28. The minimum Gasteiger partial charge on any atom is -0.311 e. The molecule has 0 amide bonds. The van der Waals surface area contributed by atoms with Gasteiger partial charge in [-0.1, -0.05) is 0 Å². The molecule has 0 radical (unpaired) electrons. The number of hydrogen-bond donors (Lipinski definition) is 1. The lowest BCUT2D eigenvalue weighted by molar-refractivity contribution is 0.670. The summed E-state index contributed by atoms with van der Waals surface area (Å²) in [6, 6.07) is 1.93. The highest BCUT2D eigenvalue weighted by molar-refractivity contribution is 5.04. The summed E-state index contributed by atoms with van der Waals surface area (Å²) < 4.78 is 1.82. The molecular formula is C12H17N5. The minimum absolute atomic E-state index is 0.781. The van der Waals surface area contributed by atoms with Crippen LogP contribution >= 0.6 is 0 Å². The zero-order chi connectivity index (χ0) is 12.1. The maximum atomic E-state index is 4.33. The van der Waals surface area contributed by atoms with Gasteiger partial charge in [0, 0.05) is 26.0 Å². The van der Waals surface area contributed by atoms with Crippen molar-refractivity contribution in [1.29, 1.82) is 0 Å². The highest BCUT2D eigenvalue weighted by Gasteiger charge is 1.97. The van der Waals surface area contributed by atoms with Gasteiger partial charge >= 0.3 is 0 Å². The first kappa shape index (κ1) is 11.7. The van der Waals surface area contributed by atoms with E-state index in [0.29, 0.717) is 0 Å². The molecule has 2 aromatic heterocycles. The van der Waals surface area contributed by atoms with Crippen LogP contribution in [0.4, 0.5) is 0 Å². The second kappa shape index (κ2) is 5.54. The van der Waals surface area contributed by atoms with E-state index < -0.39 is 0 Å². The molecule has 0 fully saturated rings. The Morgan fingerprint density at radius 2 is 2.29 bits per heavy atom. The van der Waals surface area contributed by atoms with Crippen LogP contribution in [0.15, 0.2) is 24.7 Å². The van der Waals surface area contributed by atoms with E-state index in [4.69, 9.17) is 0 Å². The van der Waals surface area contributed by atoms with E-state index in [1.165, 1.54) is 5.56 Å². The normalized spacial score (nSPS) is 10.7. The molecule has 17 heavy (non-hydrogen) atoms. The molecule has 0 saturated heterocycles. The minimum atomic E-state index is 0.781. The molecule has 2 heterocycles. The zero-order valence-electron chi connectivity index (χ0n) is 10.2. The molecule has 0 atom stereocenters. The number of rotatable bonds is 5. The van der Waals surface area contributed by atoms with Gasteiger partial charge in [-0.05, 0) is 31.5 Å². The van der Waals surface area contributed by atoms with Gasteiger partial charge in [-0.25, -0.2) is 9.97 Å². The first-order chi connectivity index (χ1) is 8.24. The Balaban J connectivity index is 1.73. The van der Waals surface area contributed by atoms with Crippen molar-refractivity contribution in [1.82, 2.24) is 25.1 Å². The van der Waals surface area contributed by atoms with Crippen molar-refractivity contribution < 1.29 is 0 Å². The van der Waals surface area contributed by atoms with Gasteiger partial charge in [0.2, 0.25) is 0 Å². The molecule has 1 N–H and O–H groups in total. The van der Waals surface area contributed by atoms with E-state index in [1.807, 2.05) is 37.1 Å². The number of hydrogen-bond acceptors (Lipinski definition) is 4. The molecule has 0 aliphatic rings. The molecular weight excluding hydrogens is 214 g/mol. The summed E-state index contributed by atoms with van der Waals surface area (Å²) in [4.78, 5) is 8.40. The van der Waals surface area contributed by atoms with Crippen molar-refractivity contribution >= 4 is 0 Å². The fourth-order valence-corrected chi connectivity index (χ4v) is 1.65. The molecule has 0 saturated carbocycles. The van der Waals surface area contributed by atoms with Crippen LogP contribution in [0.2, 0.25) is 0 Å². The highest BCUT2D eigenvalue weighted by Crippen LogP contribution is 1.97. The Kier molecular flexibility index (Phi) is 3.82. The fraction of sp³-hybridized carbons (Fsp3) is 0.417. The molecule has 5 nitrogen and oxygen atoms in total. The van der Waals surface area contributed by atoms with Gasteiger partial charge < -0.3 is 5.32 Å². The third kappa shape index (κ3) is 3.64. The second-order valence-electron chi connectivity index (χ2n) is 4.04. The van der Waals surface area contributed by atoms with Crippen LogP contribution < -0.4 is 5.32 Å². The third-order valence-electron chi connectivity index (χ3n) is 2.49. The molecule has 0 aliphatic carbocycles. The molecule has 90 valence electrons. The SMILES string of the molecule is Cc1nccc(CNCCc2cnn(C)c2)n1. The van der Waals surface area contributed by atoms with Crippen LogP contribution in [-0.2, 0) is 20.0 Å². The Bertz CT molecular complexity index is 477. The number of aryl methyl sites for hydroxylation is 2. The van der Waals surface area contributed by atoms with E-state index in [2.05, 4.69) is 20.4 Å². The van der Waals surface area contributed by atoms with Crippen molar-refractivity contribution in [3.63, 3.8) is 0 Å². The third-order valence-corrected chi connectivity index (χ3v) is 2.49. The first-order valence-electron chi connectivity index (χ1n) is 5.71. The molecule has 0 bridgehead atoms.